The zero-order chi connectivity index (χ0) is 8.39. The molecule has 1 fully saturated rings. The lowest BCUT2D eigenvalue weighted by molar-refractivity contribution is 0.931. The molecule has 12 heavy (non-hydrogen) atoms. The Morgan fingerprint density at radius 2 is 2.42 bits per heavy atom. The minimum atomic E-state index is 0.671. The van der Waals surface area contributed by atoms with Crippen molar-refractivity contribution in [3.63, 3.8) is 0 Å². The summed E-state index contributed by atoms with van der Waals surface area (Å²) < 4.78 is 0. The smallest absolute Gasteiger partial charge is 0.153 e. The highest BCUT2D eigenvalue weighted by atomic mass is 32.2. The van der Waals surface area contributed by atoms with Crippen LogP contribution in [0.5, 0.6) is 0 Å². The van der Waals surface area contributed by atoms with Gasteiger partial charge in [-0.15, -0.1) is 0 Å². The molecule has 1 aromatic heterocycles. The molecule has 0 unspecified atom stereocenters. The van der Waals surface area contributed by atoms with Crippen molar-refractivity contribution >= 4 is 11.8 Å². The number of aromatic nitrogens is 3. The molecule has 0 spiro atoms. The van der Waals surface area contributed by atoms with Crippen molar-refractivity contribution in [2.45, 2.75) is 25.2 Å². The van der Waals surface area contributed by atoms with E-state index in [1.54, 1.807) is 0 Å². The Labute approximate surface area is 76.4 Å². The summed E-state index contributed by atoms with van der Waals surface area (Å²) >= 11 is 1.84. The molecule has 1 aliphatic rings. The molecule has 1 aromatic rings. The van der Waals surface area contributed by atoms with Gasteiger partial charge in [-0.05, 0) is 19.1 Å². The first-order chi connectivity index (χ1) is 5.90. The highest BCUT2D eigenvalue weighted by Gasteiger charge is 2.27. The minimum absolute atomic E-state index is 0.671. The van der Waals surface area contributed by atoms with Crippen LogP contribution in [-0.2, 0) is 6.42 Å². The van der Waals surface area contributed by atoms with E-state index in [4.69, 9.17) is 0 Å². The fourth-order valence-electron chi connectivity index (χ4n) is 1.14. The maximum Gasteiger partial charge on any atom is 0.153 e. The maximum atomic E-state index is 4.43. The summed E-state index contributed by atoms with van der Waals surface area (Å²) in [6, 6.07) is 0. The van der Waals surface area contributed by atoms with E-state index in [1.165, 1.54) is 12.8 Å². The molecular formula is C8H13N3S. The molecule has 3 nitrogen and oxygen atoms in total. The molecule has 0 atom stereocenters. The first-order valence-corrected chi connectivity index (χ1v) is 5.69. The second-order valence-electron chi connectivity index (χ2n) is 3.16. The van der Waals surface area contributed by atoms with Gasteiger partial charge in [0.2, 0.25) is 0 Å². The average Bonchev–Trinajstić information content (AvgIpc) is 2.83. The minimum Gasteiger partial charge on any atom is -0.263 e. The van der Waals surface area contributed by atoms with Crippen molar-refractivity contribution < 1.29 is 0 Å². The Balaban J connectivity index is 1.93. The van der Waals surface area contributed by atoms with Crippen LogP contribution in [0.25, 0.3) is 0 Å². The van der Waals surface area contributed by atoms with Gasteiger partial charge in [0.15, 0.2) is 5.82 Å². The fourth-order valence-corrected chi connectivity index (χ4v) is 1.54. The number of rotatable bonds is 4. The average molecular weight is 183 g/mol. The van der Waals surface area contributed by atoms with Crippen LogP contribution in [0.3, 0.4) is 0 Å². The molecule has 66 valence electrons. The summed E-state index contributed by atoms with van der Waals surface area (Å²) in [6.45, 7) is 0. The molecule has 1 saturated carbocycles. The molecule has 0 saturated heterocycles. The largest absolute Gasteiger partial charge is 0.263 e. The molecule has 0 bridgehead atoms. The van der Waals surface area contributed by atoms with Crippen molar-refractivity contribution in [3.05, 3.63) is 11.6 Å². The number of thioether (sulfide) groups is 1. The van der Waals surface area contributed by atoms with Crippen molar-refractivity contribution in [2.75, 3.05) is 12.0 Å². The SMILES string of the molecule is CSCCc1nc(C2CC2)n[nH]1. The second-order valence-corrected chi connectivity index (χ2v) is 4.14. The zero-order valence-electron chi connectivity index (χ0n) is 7.21. The summed E-state index contributed by atoms with van der Waals surface area (Å²) in [5.74, 6) is 3.88. The molecule has 1 heterocycles. The standard InChI is InChI=1S/C8H13N3S/c1-12-5-4-7-9-8(11-10-7)6-2-3-6/h6H,2-5H2,1H3,(H,9,10,11). The zero-order valence-corrected chi connectivity index (χ0v) is 8.02. The summed E-state index contributed by atoms with van der Waals surface area (Å²) in [4.78, 5) is 4.43. The lowest BCUT2D eigenvalue weighted by atomic mass is 10.4. The van der Waals surface area contributed by atoms with E-state index in [2.05, 4.69) is 21.4 Å². The van der Waals surface area contributed by atoms with E-state index in [9.17, 15) is 0 Å². The van der Waals surface area contributed by atoms with Gasteiger partial charge in [0.25, 0.3) is 0 Å². The van der Waals surface area contributed by atoms with Crippen LogP contribution in [0.1, 0.15) is 30.4 Å². The van der Waals surface area contributed by atoms with Crippen molar-refractivity contribution in [3.8, 4) is 0 Å². The summed E-state index contributed by atoms with van der Waals surface area (Å²) in [7, 11) is 0. The molecule has 0 amide bonds. The highest BCUT2D eigenvalue weighted by molar-refractivity contribution is 7.98. The second kappa shape index (κ2) is 3.47. The molecule has 2 rings (SSSR count). The third-order valence-electron chi connectivity index (χ3n) is 2.03. The van der Waals surface area contributed by atoms with Gasteiger partial charge in [-0.3, -0.25) is 5.10 Å². The highest BCUT2D eigenvalue weighted by Crippen LogP contribution is 2.37. The van der Waals surface area contributed by atoms with Crippen LogP contribution < -0.4 is 0 Å². The van der Waals surface area contributed by atoms with E-state index in [0.29, 0.717) is 5.92 Å². The summed E-state index contributed by atoms with van der Waals surface area (Å²) in [5.41, 5.74) is 0. The normalized spacial score (nSPS) is 16.8. The van der Waals surface area contributed by atoms with Crippen molar-refractivity contribution in [2.24, 2.45) is 0 Å². The number of H-pyrrole nitrogens is 1. The predicted molar refractivity (Wildman–Crippen MR) is 50.4 cm³/mol. The quantitative estimate of drug-likeness (QED) is 0.770. The van der Waals surface area contributed by atoms with Crippen molar-refractivity contribution in [1.29, 1.82) is 0 Å². The Hall–Kier alpha value is -0.510. The molecule has 0 aromatic carbocycles. The molecule has 0 radical (unpaired) electrons. The van der Waals surface area contributed by atoms with E-state index in [0.717, 1.165) is 23.8 Å². The lowest BCUT2D eigenvalue weighted by Gasteiger charge is -1.90. The number of hydrogen-bond acceptors (Lipinski definition) is 3. The van der Waals surface area contributed by atoms with Gasteiger partial charge in [-0.25, -0.2) is 4.98 Å². The molecule has 1 aliphatic carbocycles. The van der Waals surface area contributed by atoms with Crippen LogP contribution in [0.4, 0.5) is 0 Å². The monoisotopic (exact) mass is 183 g/mol. The van der Waals surface area contributed by atoms with Gasteiger partial charge in [0, 0.05) is 18.1 Å². The Morgan fingerprint density at radius 1 is 1.58 bits per heavy atom. The maximum absolute atomic E-state index is 4.43. The first-order valence-electron chi connectivity index (χ1n) is 4.30. The van der Waals surface area contributed by atoms with Crippen LogP contribution in [0, 0.1) is 0 Å². The Morgan fingerprint density at radius 3 is 3.08 bits per heavy atom. The topological polar surface area (TPSA) is 41.6 Å². The van der Waals surface area contributed by atoms with Gasteiger partial charge in [-0.1, -0.05) is 0 Å². The van der Waals surface area contributed by atoms with Crippen LogP contribution in [-0.4, -0.2) is 27.2 Å². The van der Waals surface area contributed by atoms with Crippen molar-refractivity contribution in [1.82, 2.24) is 15.2 Å². The summed E-state index contributed by atoms with van der Waals surface area (Å²) in [5, 5.41) is 7.17. The molecule has 4 heteroatoms. The Bertz CT molecular complexity index is 255. The Kier molecular flexibility index (Phi) is 2.35. The van der Waals surface area contributed by atoms with Gasteiger partial charge in [0.1, 0.15) is 5.82 Å². The number of hydrogen-bond donors (Lipinski definition) is 1. The van der Waals surface area contributed by atoms with E-state index >= 15 is 0 Å². The van der Waals surface area contributed by atoms with Gasteiger partial charge in [0.05, 0.1) is 0 Å². The fraction of sp³-hybridized carbons (Fsp3) is 0.750. The third-order valence-corrected chi connectivity index (χ3v) is 2.65. The van der Waals surface area contributed by atoms with Gasteiger partial charge < -0.3 is 0 Å². The van der Waals surface area contributed by atoms with Crippen LogP contribution >= 0.6 is 11.8 Å². The number of aromatic amines is 1. The number of nitrogens with one attached hydrogen (secondary N) is 1. The number of aryl methyl sites for hydroxylation is 1. The van der Waals surface area contributed by atoms with Crippen LogP contribution in [0.2, 0.25) is 0 Å². The molecule has 1 N–H and O–H groups in total. The van der Waals surface area contributed by atoms with E-state index < -0.39 is 0 Å². The van der Waals surface area contributed by atoms with Gasteiger partial charge >= 0.3 is 0 Å². The molecule has 0 aliphatic heterocycles. The summed E-state index contributed by atoms with van der Waals surface area (Å²) in [6.07, 6.45) is 5.68. The lowest BCUT2D eigenvalue weighted by Crippen LogP contribution is -1.90. The van der Waals surface area contributed by atoms with Crippen LogP contribution in [0.15, 0.2) is 0 Å². The predicted octanol–water partition coefficient (Wildman–Crippen LogP) is 1.59. The van der Waals surface area contributed by atoms with E-state index in [1.807, 2.05) is 11.8 Å². The van der Waals surface area contributed by atoms with E-state index in [-0.39, 0.29) is 0 Å². The first kappa shape index (κ1) is 8.10. The number of nitrogens with zero attached hydrogens (tertiary/aromatic N) is 2. The van der Waals surface area contributed by atoms with Gasteiger partial charge in [-0.2, -0.15) is 16.9 Å². The molecular weight excluding hydrogens is 170 g/mol. The third kappa shape index (κ3) is 1.80.